The molecule has 0 fully saturated rings. The SMILES string of the molecule is O=C(NCCCl)c1cc(F)nc(F)c1F. The van der Waals surface area contributed by atoms with Gasteiger partial charge in [-0.1, -0.05) is 0 Å². The highest BCUT2D eigenvalue weighted by Crippen LogP contribution is 2.10. The number of hydrogen-bond donors (Lipinski definition) is 1. The fraction of sp³-hybridized carbons (Fsp3) is 0.250. The van der Waals surface area contributed by atoms with Crippen LogP contribution in [0.15, 0.2) is 6.07 Å². The number of carbonyl (C=O) groups excluding carboxylic acids is 1. The zero-order valence-corrected chi connectivity index (χ0v) is 8.11. The molecular weight excluding hydrogens is 233 g/mol. The number of amides is 1. The predicted octanol–water partition coefficient (Wildman–Crippen LogP) is 1.47. The summed E-state index contributed by atoms with van der Waals surface area (Å²) < 4.78 is 38.1. The maximum atomic E-state index is 13.0. The minimum Gasteiger partial charge on any atom is -0.351 e. The van der Waals surface area contributed by atoms with Crippen molar-refractivity contribution in [3.05, 3.63) is 29.3 Å². The third-order valence-corrected chi connectivity index (χ3v) is 1.70. The average Bonchev–Trinajstić information content (AvgIpc) is 2.19. The quantitative estimate of drug-likeness (QED) is 0.640. The third-order valence-electron chi connectivity index (χ3n) is 1.51. The second kappa shape index (κ2) is 4.97. The van der Waals surface area contributed by atoms with Crippen molar-refractivity contribution < 1.29 is 18.0 Å². The first-order chi connectivity index (χ1) is 7.06. The predicted molar refractivity (Wildman–Crippen MR) is 47.2 cm³/mol. The highest BCUT2D eigenvalue weighted by molar-refractivity contribution is 6.18. The molecule has 1 amide bonds. The van der Waals surface area contributed by atoms with Crippen LogP contribution in [0, 0.1) is 17.7 Å². The standard InChI is InChI=1S/C8H6ClF3N2O/c9-1-2-13-8(15)4-3-5(10)14-7(12)6(4)11/h3H,1-2H2,(H,13,15). The van der Waals surface area contributed by atoms with Gasteiger partial charge in [-0.25, -0.2) is 4.39 Å². The Morgan fingerprint density at radius 1 is 1.47 bits per heavy atom. The maximum absolute atomic E-state index is 13.0. The van der Waals surface area contributed by atoms with Crippen LogP contribution in [-0.4, -0.2) is 23.3 Å². The Labute approximate surface area is 88.3 Å². The normalized spacial score (nSPS) is 10.1. The molecule has 0 aromatic carbocycles. The summed E-state index contributed by atoms with van der Waals surface area (Å²) in [5, 5.41) is 2.17. The number of nitrogens with one attached hydrogen (secondary N) is 1. The van der Waals surface area contributed by atoms with Gasteiger partial charge in [-0.3, -0.25) is 4.79 Å². The molecule has 0 unspecified atom stereocenters. The van der Waals surface area contributed by atoms with Crippen molar-refractivity contribution >= 4 is 17.5 Å². The minimum absolute atomic E-state index is 0.0748. The van der Waals surface area contributed by atoms with Crippen LogP contribution in [0.2, 0.25) is 0 Å². The van der Waals surface area contributed by atoms with E-state index in [4.69, 9.17) is 11.6 Å². The van der Waals surface area contributed by atoms with E-state index in [0.29, 0.717) is 6.07 Å². The number of alkyl halides is 1. The van der Waals surface area contributed by atoms with Crippen molar-refractivity contribution in [2.45, 2.75) is 0 Å². The van der Waals surface area contributed by atoms with Gasteiger partial charge in [0.25, 0.3) is 11.9 Å². The highest BCUT2D eigenvalue weighted by atomic mass is 35.5. The van der Waals surface area contributed by atoms with E-state index in [-0.39, 0.29) is 12.4 Å². The van der Waals surface area contributed by atoms with E-state index in [1.165, 1.54) is 0 Å². The van der Waals surface area contributed by atoms with Gasteiger partial charge in [0.2, 0.25) is 5.95 Å². The average molecular weight is 239 g/mol. The summed E-state index contributed by atoms with van der Waals surface area (Å²) in [4.78, 5) is 13.7. The molecule has 1 aromatic heterocycles. The van der Waals surface area contributed by atoms with Gasteiger partial charge in [-0.05, 0) is 0 Å². The monoisotopic (exact) mass is 238 g/mol. The topological polar surface area (TPSA) is 42.0 Å². The number of halogens is 4. The molecule has 15 heavy (non-hydrogen) atoms. The Balaban J connectivity index is 2.98. The van der Waals surface area contributed by atoms with Crippen molar-refractivity contribution in [2.24, 2.45) is 0 Å². The van der Waals surface area contributed by atoms with Crippen molar-refractivity contribution in [1.29, 1.82) is 0 Å². The molecule has 82 valence electrons. The number of hydrogen-bond acceptors (Lipinski definition) is 2. The van der Waals surface area contributed by atoms with Crippen molar-refractivity contribution in [3.8, 4) is 0 Å². The smallest absolute Gasteiger partial charge is 0.254 e. The van der Waals surface area contributed by atoms with Gasteiger partial charge in [0, 0.05) is 18.5 Å². The molecule has 0 saturated heterocycles. The fourth-order valence-corrected chi connectivity index (χ4v) is 0.984. The third kappa shape index (κ3) is 2.82. The van der Waals surface area contributed by atoms with E-state index in [1.807, 2.05) is 0 Å². The van der Waals surface area contributed by atoms with E-state index in [2.05, 4.69) is 10.3 Å². The summed E-state index contributed by atoms with van der Waals surface area (Å²) in [6, 6.07) is 0.516. The van der Waals surface area contributed by atoms with Crippen molar-refractivity contribution in [1.82, 2.24) is 10.3 Å². The summed E-state index contributed by atoms with van der Waals surface area (Å²) in [6.07, 6.45) is 0. The molecular formula is C8H6ClF3N2O. The Morgan fingerprint density at radius 3 is 2.73 bits per heavy atom. The number of rotatable bonds is 3. The van der Waals surface area contributed by atoms with Crippen LogP contribution >= 0.6 is 11.6 Å². The van der Waals surface area contributed by atoms with Crippen LogP contribution in [0.4, 0.5) is 13.2 Å². The second-order valence-electron chi connectivity index (χ2n) is 2.54. The zero-order chi connectivity index (χ0) is 11.4. The molecule has 0 bridgehead atoms. The molecule has 7 heteroatoms. The van der Waals surface area contributed by atoms with Crippen LogP contribution in [0.1, 0.15) is 10.4 Å². The Hall–Kier alpha value is -1.30. The summed E-state index contributed by atoms with van der Waals surface area (Å²) in [5.41, 5.74) is -0.731. The lowest BCUT2D eigenvalue weighted by atomic mass is 10.2. The van der Waals surface area contributed by atoms with E-state index in [0.717, 1.165) is 0 Å². The Kier molecular flexibility index (Phi) is 3.90. The molecule has 1 heterocycles. The molecule has 1 aromatic rings. The van der Waals surface area contributed by atoms with E-state index >= 15 is 0 Å². The van der Waals surface area contributed by atoms with Crippen LogP contribution in [0.3, 0.4) is 0 Å². The lowest BCUT2D eigenvalue weighted by Crippen LogP contribution is -2.27. The summed E-state index contributed by atoms with van der Waals surface area (Å²) in [5.74, 6) is -5.21. The van der Waals surface area contributed by atoms with Gasteiger partial charge in [0.05, 0.1) is 5.56 Å². The summed E-state index contributed by atoms with van der Waals surface area (Å²) in [6.45, 7) is 0.0748. The van der Waals surface area contributed by atoms with E-state index in [1.54, 1.807) is 0 Å². The summed E-state index contributed by atoms with van der Waals surface area (Å²) >= 11 is 5.27. The number of nitrogens with zero attached hydrogens (tertiary/aromatic N) is 1. The van der Waals surface area contributed by atoms with Gasteiger partial charge in [0.15, 0.2) is 5.82 Å². The van der Waals surface area contributed by atoms with E-state index < -0.39 is 29.2 Å². The van der Waals surface area contributed by atoms with Gasteiger partial charge >= 0.3 is 0 Å². The fourth-order valence-electron chi connectivity index (χ4n) is 0.890. The molecule has 0 radical (unpaired) electrons. The van der Waals surface area contributed by atoms with Crippen LogP contribution in [-0.2, 0) is 0 Å². The molecule has 1 rings (SSSR count). The zero-order valence-electron chi connectivity index (χ0n) is 7.36. The maximum Gasteiger partial charge on any atom is 0.254 e. The summed E-state index contributed by atoms with van der Waals surface area (Å²) in [7, 11) is 0. The van der Waals surface area contributed by atoms with Gasteiger partial charge in [-0.15, -0.1) is 11.6 Å². The first kappa shape index (κ1) is 11.8. The minimum atomic E-state index is -1.65. The molecule has 0 aliphatic carbocycles. The lowest BCUT2D eigenvalue weighted by Gasteiger charge is -2.04. The van der Waals surface area contributed by atoms with Crippen molar-refractivity contribution in [3.63, 3.8) is 0 Å². The van der Waals surface area contributed by atoms with Crippen molar-refractivity contribution in [2.75, 3.05) is 12.4 Å². The molecule has 0 aliphatic heterocycles. The lowest BCUT2D eigenvalue weighted by molar-refractivity contribution is 0.0949. The number of pyridine rings is 1. The van der Waals surface area contributed by atoms with E-state index in [9.17, 15) is 18.0 Å². The Morgan fingerprint density at radius 2 is 2.13 bits per heavy atom. The molecule has 0 saturated carbocycles. The molecule has 0 aliphatic rings. The highest BCUT2D eigenvalue weighted by Gasteiger charge is 2.18. The van der Waals surface area contributed by atoms with Crippen LogP contribution in [0.5, 0.6) is 0 Å². The largest absolute Gasteiger partial charge is 0.351 e. The number of aromatic nitrogens is 1. The first-order valence-corrected chi connectivity index (χ1v) is 4.45. The first-order valence-electron chi connectivity index (χ1n) is 3.92. The molecule has 0 spiro atoms. The Bertz CT molecular complexity index is 386. The van der Waals surface area contributed by atoms with Gasteiger partial charge in [-0.2, -0.15) is 13.8 Å². The van der Waals surface area contributed by atoms with Crippen LogP contribution in [0.25, 0.3) is 0 Å². The van der Waals surface area contributed by atoms with Gasteiger partial charge in [0.1, 0.15) is 0 Å². The number of carbonyl (C=O) groups is 1. The molecule has 1 N–H and O–H groups in total. The second-order valence-corrected chi connectivity index (χ2v) is 2.92. The molecule has 0 atom stereocenters. The van der Waals surface area contributed by atoms with Gasteiger partial charge < -0.3 is 5.32 Å². The van der Waals surface area contributed by atoms with Crippen LogP contribution < -0.4 is 5.32 Å². The molecule has 3 nitrogen and oxygen atoms in total.